The lowest BCUT2D eigenvalue weighted by atomic mass is 10.1. The second kappa shape index (κ2) is 7.50. The Morgan fingerprint density at radius 1 is 1.14 bits per heavy atom. The molecule has 0 saturated heterocycles. The molecule has 0 bridgehead atoms. The summed E-state index contributed by atoms with van der Waals surface area (Å²) >= 11 is 1.59. The van der Waals surface area contributed by atoms with Crippen LogP contribution in [0.4, 0.5) is 5.69 Å². The molecule has 1 unspecified atom stereocenters. The van der Waals surface area contributed by atoms with Crippen molar-refractivity contribution < 1.29 is 4.79 Å². The Morgan fingerprint density at radius 2 is 1.82 bits per heavy atom. The van der Waals surface area contributed by atoms with Crippen molar-refractivity contribution in [3.8, 4) is 0 Å². The molecule has 1 atom stereocenters. The summed E-state index contributed by atoms with van der Waals surface area (Å²) in [5.74, 6) is 0.0505. The van der Waals surface area contributed by atoms with E-state index in [1.54, 1.807) is 11.8 Å². The van der Waals surface area contributed by atoms with Crippen molar-refractivity contribution in [2.45, 2.75) is 44.3 Å². The van der Waals surface area contributed by atoms with Gasteiger partial charge in [0.25, 0.3) is 0 Å². The fourth-order valence-electron chi connectivity index (χ4n) is 2.30. The van der Waals surface area contributed by atoms with E-state index >= 15 is 0 Å². The minimum Gasteiger partial charge on any atom is -0.325 e. The highest BCUT2D eigenvalue weighted by atomic mass is 32.2. The summed E-state index contributed by atoms with van der Waals surface area (Å²) in [5.41, 5.74) is 4.49. The van der Waals surface area contributed by atoms with Crippen LogP contribution in [0.1, 0.15) is 30.5 Å². The zero-order valence-electron chi connectivity index (χ0n) is 13.6. The van der Waals surface area contributed by atoms with Crippen LogP contribution < -0.4 is 5.32 Å². The topological polar surface area (TPSA) is 29.1 Å². The molecular formula is C19H23NOS. The smallest absolute Gasteiger partial charge is 0.237 e. The van der Waals surface area contributed by atoms with Gasteiger partial charge in [-0.1, -0.05) is 42.8 Å². The summed E-state index contributed by atoms with van der Waals surface area (Å²) < 4.78 is 0. The Kier molecular flexibility index (Phi) is 5.67. The Bertz CT molecular complexity index is 649. The molecule has 3 heteroatoms. The molecule has 0 aliphatic heterocycles. The van der Waals surface area contributed by atoms with Gasteiger partial charge in [0, 0.05) is 10.6 Å². The minimum absolute atomic E-state index is 0.0505. The first-order valence-electron chi connectivity index (χ1n) is 7.64. The Labute approximate surface area is 137 Å². The molecule has 0 aromatic heterocycles. The molecular weight excluding hydrogens is 290 g/mol. The molecule has 0 heterocycles. The van der Waals surface area contributed by atoms with Gasteiger partial charge in [-0.2, -0.15) is 0 Å². The van der Waals surface area contributed by atoms with Crippen LogP contribution in [0.15, 0.2) is 47.4 Å². The van der Waals surface area contributed by atoms with Gasteiger partial charge in [0.2, 0.25) is 5.91 Å². The maximum atomic E-state index is 12.5. The number of nitrogens with one attached hydrogen (secondary N) is 1. The second-order valence-corrected chi connectivity index (χ2v) is 6.94. The number of para-hydroxylation sites is 1. The van der Waals surface area contributed by atoms with Gasteiger partial charge in [0.1, 0.15) is 0 Å². The van der Waals surface area contributed by atoms with Crippen LogP contribution in [0.5, 0.6) is 0 Å². The van der Waals surface area contributed by atoms with Crippen LogP contribution in [-0.2, 0) is 11.2 Å². The summed E-state index contributed by atoms with van der Waals surface area (Å²) in [7, 11) is 0. The molecule has 1 amide bonds. The highest BCUT2D eigenvalue weighted by Crippen LogP contribution is 2.26. The fraction of sp³-hybridized carbons (Fsp3) is 0.316. The van der Waals surface area contributed by atoms with E-state index in [0.29, 0.717) is 0 Å². The van der Waals surface area contributed by atoms with Crippen LogP contribution in [0.2, 0.25) is 0 Å². The maximum Gasteiger partial charge on any atom is 0.237 e. The number of anilines is 1. The third kappa shape index (κ3) is 4.14. The Hall–Kier alpha value is -1.74. The summed E-state index contributed by atoms with van der Waals surface area (Å²) in [4.78, 5) is 13.6. The number of thioether (sulfide) groups is 1. The molecule has 0 radical (unpaired) electrons. The van der Waals surface area contributed by atoms with Gasteiger partial charge < -0.3 is 5.32 Å². The van der Waals surface area contributed by atoms with Gasteiger partial charge >= 0.3 is 0 Å². The van der Waals surface area contributed by atoms with Crippen LogP contribution in [0, 0.1) is 13.8 Å². The van der Waals surface area contributed by atoms with E-state index in [4.69, 9.17) is 0 Å². The monoisotopic (exact) mass is 313 g/mol. The number of aryl methyl sites for hydroxylation is 3. The lowest BCUT2D eigenvalue weighted by Crippen LogP contribution is -2.23. The predicted octanol–water partition coefficient (Wildman–Crippen LogP) is 4.99. The lowest BCUT2D eigenvalue weighted by Gasteiger charge is -2.16. The second-order valence-electron chi connectivity index (χ2n) is 5.52. The zero-order chi connectivity index (χ0) is 16.1. The van der Waals surface area contributed by atoms with Crippen molar-refractivity contribution in [1.82, 2.24) is 0 Å². The highest BCUT2D eigenvalue weighted by Gasteiger charge is 2.16. The molecule has 2 aromatic carbocycles. The molecule has 2 nitrogen and oxygen atoms in total. The van der Waals surface area contributed by atoms with Crippen molar-refractivity contribution in [3.05, 3.63) is 59.2 Å². The van der Waals surface area contributed by atoms with E-state index in [9.17, 15) is 4.79 Å². The first-order valence-corrected chi connectivity index (χ1v) is 8.52. The van der Waals surface area contributed by atoms with E-state index in [1.807, 2.05) is 26.0 Å². The third-order valence-electron chi connectivity index (χ3n) is 3.69. The van der Waals surface area contributed by atoms with Gasteiger partial charge in [-0.25, -0.2) is 0 Å². The number of carbonyl (C=O) groups excluding carboxylic acids is 1. The van der Waals surface area contributed by atoms with Gasteiger partial charge in [-0.15, -0.1) is 11.8 Å². The number of rotatable bonds is 5. The molecule has 116 valence electrons. The SMILES string of the molecule is CCc1cccc(C)c1NC(=O)C(C)Sc1ccc(C)cc1. The largest absolute Gasteiger partial charge is 0.325 e. The lowest BCUT2D eigenvalue weighted by molar-refractivity contribution is -0.115. The molecule has 0 saturated carbocycles. The quantitative estimate of drug-likeness (QED) is 0.788. The van der Waals surface area contributed by atoms with Crippen molar-refractivity contribution in [2.75, 3.05) is 5.32 Å². The minimum atomic E-state index is -0.132. The van der Waals surface area contributed by atoms with E-state index < -0.39 is 0 Å². The number of hydrogen-bond donors (Lipinski definition) is 1. The summed E-state index contributed by atoms with van der Waals surface area (Å²) in [6.45, 7) is 8.15. The normalized spacial score (nSPS) is 12.0. The Morgan fingerprint density at radius 3 is 2.45 bits per heavy atom. The van der Waals surface area contributed by atoms with Crippen molar-refractivity contribution >= 4 is 23.4 Å². The molecule has 0 aliphatic rings. The third-order valence-corrected chi connectivity index (χ3v) is 4.80. The van der Waals surface area contributed by atoms with Gasteiger partial charge in [0.05, 0.1) is 5.25 Å². The Balaban J connectivity index is 2.07. The summed E-state index contributed by atoms with van der Waals surface area (Å²) in [6, 6.07) is 14.4. The van der Waals surface area contributed by atoms with Crippen LogP contribution in [0.3, 0.4) is 0 Å². The first kappa shape index (κ1) is 16.6. The highest BCUT2D eigenvalue weighted by molar-refractivity contribution is 8.00. The van der Waals surface area contributed by atoms with Gasteiger partial charge in [-0.05, 0) is 50.5 Å². The molecule has 22 heavy (non-hydrogen) atoms. The van der Waals surface area contributed by atoms with Crippen LogP contribution in [0.25, 0.3) is 0 Å². The standard InChI is InChI=1S/C19H23NOS/c1-5-16-8-6-7-14(3)18(16)20-19(21)15(4)22-17-11-9-13(2)10-12-17/h6-12,15H,5H2,1-4H3,(H,20,21). The predicted molar refractivity (Wildman–Crippen MR) is 95.7 cm³/mol. The number of amides is 1. The number of carbonyl (C=O) groups is 1. The first-order chi connectivity index (χ1) is 10.5. The molecule has 0 aliphatic carbocycles. The van der Waals surface area contributed by atoms with Crippen LogP contribution in [-0.4, -0.2) is 11.2 Å². The summed E-state index contributed by atoms with van der Waals surface area (Å²) in [5, 5.41) is 2.97. The number of hydrogen-bond acceptors (Lipinski definition) is 2. The van der Waals surface area contributed by atoms with Crippen LogP contribution >= 0.6 is 11.8 Å². The summed E-state index contributed by atoms with van der Waals surface area (Å²) in [6.07, 6.45) is 0.913. The van der Waals surface area contributed by atoms with Gasteiger partial charge in [-0.3, -0.25) is 4.79 Å². The maximum absolute atomic E-state index is 12.5. The molecule has 1 N–H and O–H groups in total. The fourth-order valence-corrected chi connectivity index (χ4v) is 3.17. The average Bonchev–Trinajstić information content (AvgIpc) is 2.51. The molecule has 2 rings (SSSR count). The van der Waals surface area contributed by atoms with Crippen molar-refractivity contribution in [2.24, 2.45) is 0 Å². The van der Waals surface area contributed by atoms with E-state index in [-0.39, 0.29) is 11.2 Å². The number of benzene rings is 2. The van der Waals surface area contributed by atoms with E-state index in [2.05, 4.69) is 49.5 Å². The zero-order valence-corrected chi connectivity index (χ0v) is 14.5. The molecule has 2 aromatic rings. The van der Waals surface area contributed by atoms with E-state index in [1.165, 1.54) is 11.1 Å². The van der Waals surface area contributed by atoms with Crippen molar-refractivity contribution in [3.63, 3.8) is 0 Å². The average molecular weight is 313 g/mol. The van der Waals surface area contributed by atoms with Crippen molar-refractivity contribution in [1.29, 1.82) is 0 Å². The van der Waals surface area contributed by atoms with E-state index in [0.717, 1.165) is 22.6 Å². The van der Waals surface area contributed by atoms with Gasteiger partial charge in [0.15, 0.2) is 0 Å². The molecule has 0 spiro atoms. The molecule has 0 fully saturated rings.